The third-order valence-corrected chi connectivity index (χ3v) is 5.94. The molecule has 2 aromatic rings. The van der Waals surface area contributed by atoms with Crippen molar-refractivity contribution in [2.45, 2.75) is 25.4 Å². The number of amides is 2. The predicted octanol–water partition coefficient (Wildman–Crippen LogP) is 2.57. The van der Waals surface area contributed by atoms with Gasteiger partial charge in [-0.15, -0.1) is 0 Å². The predicted molar refractivity (Wildman–Crippen MR) is 108 cm³/mol. The lowest BCUT2D eigenvalue weighted by molar-refractivity contribution is -0.164. The summed E-state index contributed by atoms with van der Waals surface area (Å²) in [6.07, 6.45) is 2.34. The number of pyridine rings is 1. The fourth-order valence-electron chi connectivity index (χ4n) is 4.16. The Hall–Kier alpha value is -2.60. The minimum absolute atomic E-state index is 0.0146. The molecule has 0 saturated carbocycles. The number of carbonyl (C=O) groups excluding carboxylic acids is 2. The van der Waals surface area contributed by atoms with Crippen molar-refractivity contribution in [3.8, 4) is 0 Å². The number of anilines is 1. The summed E-state index contributed by atoms with van der Waals surface area (Å²) in [5.41, 5.74) is 0.105. The maximum Gasteiger partial charge on any atom is 0.250 e. The van der Waals surface area contributed by atoms with Gasteiger partial charge in [0, 0.05) is 30.9 Å². The summed E-state index contributed by atoms with van der Waals surface area (Å²) < 4.78 is 0. The van der Waals surface area contributed by atoms with Crippen molar-refractivity contribution in [3.05, 3.63) is 59.2 Å². The van der Waals surface area contributed by atoms with Gasteiger partial charge in [0.15, 0.2) is 0 Å². The van der Waals surface area contributed by atoms with E-state index < -0.39 is 5.54 Å². The van der Waals surface area contributed by atoms with Crippen molar-refractivity contribution < 1.29 is 9.59 Å². The van der Waals surface area contributed by atoms with Crippen LogP contribution in [-0.2, 0) is 16.1 Å². The first-order chi connectivity index (χ1) is 13.5. The summed E-state index contributed by atoms with van der Waals surface area (Å²) in [5, 5.41) is 0.652. The SMILES string of the molecule is CCN1CC(=O)N(Cc2ccc(Cl)cc2)C2(CCN(c3ccccn3)C2)C1=O. The van der Waals surface area contributed by atoms with Crippen LogP contribution in [0.4, 0.5) is 5.82 Å². The molecule has 1 aromatic carbocycles. The first-order valence-electron chi connectivity index (χ1n) is 9.54. The third kappa shape index (κ3) is 3.22. The molecule has 3 heterocycles. The van der Waals surface area contributed by atoms with Crippen molar-refractivity contribution in [3.63, 3.8) is 0 Å². The van der Waals surface area contributed by atoms with Crippen LogP contribution in [0, 0.1) is 0 Å². The number of aromatic nitrogens is 1. The smallest absolute Gasteiger partial charge is 0.250 e. The topological polar surface area (TPSA) is 56.8 Å². The van der Waals surface area contributed by atoms with Crippen molar-refractivity contribution in [1.82, 2.24) is 14.8 Å². The quantitative estimate of drug-likeness (QED) is 0.794. The fraction of sp³-hybridized carbons (Fsp3) is 0.381. The Kier molecular flexibility index (Phi) is 4.98. The van der Waals surface area contributed by atoms with Crippen molar-refractivity contribution >= 4 is 29.2 Å². The monoisotopic (exact) mass is 398 g/mol. The molecular formula is C21H23ClN4O2. The van der Waals surface area contributed by atoms with E-state index in [0.717, 1.165) is 11.4 Å². The lowest BCUT2D eigenvalue weighted by atomic mass is 9.90. The number of likely N-dealkylation sites (N-methyl/N-ethyl adjacent to an activating group) is 1. The number of benzene rings is 1. The van der Waals surface area contributed by atoms with Gasteiger partial charge in [-0.05, 0) is 43.2 Å². The van der Waals surface area contributed by atoms with Gasteiger partial charge >= 0.3 is 0 Å². The Morgan fingerprint density at radius 1 is 1.14 bits per heavy atom. The van der Waals surface area contributed by atoms with Crippen LogP contribution in [-0.4, -0.2) is 58.3 Å². The first-order valence-corrected chi connectivity index (χ1v) is 9.91. The molecule has 2 aliphatic rings. The van der Waals surface area contributed by atoms with E-state index in [1.165, 1.54) is 0 Å². The maximum atomic E-state index is 13.4. The molecule has 0 radical (unpaired) electrons. The second kappa shape index (κ2) is 7.43. The van der Waals surface area contributed by atoms with Crippen LogP contribution in [0.5, 0.6) is 0 Å². The van der Waals surface area contributed by atoms with Crippen molar-refractivity contribution in [2.75, 3.05) is 31.1 Å². The molecule has 1 atom stereocenters. The van der Waals surface area contributed by atoms with Crippen LogP contribution in [0.25, 0.3) is 0 Å². The number of rotatable bonds is 4. The molecule has 1 aromatic heterocycles. The molecule has 146 valence electrons. The average molecular weight is 399 g/mol. The fourth-order valence-corrected chi connectivity index (χ4v) is 4.29. The summed E-state index contributed by atoms with van der Waals surface area (Å²) in [6.45, 7) is 4.12. The third-order valence-electron chi connectivity index (χ3n) is 5.69. The number of hydrogen-bond donors (Lipinski definition) is 0. The lowest BCUT2D eigenvalue weighted by Crippen LogP contribution is -2.68. The van der Waals surface area contributed by atoms with E-state index in [0.29, 0.717) is 37.6 Å². The summed E-state index contributed by atoms with van der Waals surface area (Å²) in [5.74, 6) is 0.848. The largest absolute Gasteiger partial charge is 0.354 e. The summed E-state index contributed by atoms with van der Waals surface area (Å²) in [6, 6.07) is 13.2. The highest BCUT2D eigenvalue weighted by molar-refractivity contribution is 6.30. The van der Waals surface area contributed by atoms with E-state index in [1.807, 2.05) is 49.4 Å². The highest BCUT2D eigenvalue weighted by Gasteiger charge is 2.55. The number of hydrogen-bond acceptors (Lipinski definition) is 4. The number of carbonyl (C=O) groups is 2. The maximum absolute atomic E-state index is 13.4. The van der Waals surface area contributed by atoms with E-state index in [4.69, 9.17) is 11.6 Å². The van der Waals surface area contributed by atoms with Gasteiger partial charge in [-0.3, -0.25) is 9.59 Å². The Bertz CT molecular complexity index is 874. The van der Waals surface area contributed by atoms with Crippen LogP contribution in [0.15, 0.2) is 48.7 Å². The molecule has 28 heavy (non-hydrogen) atoms. The molecule has 0 aliphatic carbocycles. The Morgan fingerprint density at radius 2 is 1.93 bits per heavy atom. The van der Waals surface area contributed by atoms with Crippen LogP contribution < -0.4 is 4.90 Å². The molecule has 1 spiro atoms. The van der Waals surface area contributed by atoms with Gasteiger partial charge < -0.3 is 14.7 Å². The van der Waals surface area contributed by atoms with E-state index in [2.05, 4.69) is 9.88 Å². The van der Waals surface area contributed by atoms with Crippen LogP contribution in [0.2, 0.25) is 5.02 Å². The summed E-state index contributed by atoms with van der Waals surface area (Å²) in [4.78, 5) is 36.4. The zero-order valence-electron chi connectivity index (χ0n) is 15.8. The minimum Gasteiger partial charge on any atom is -0.354 e. The molecule has 2 saturated heterocycles. The highest BCUT2D eigenvalue weighted by atomic mass is 35.5. The van der Waals surface area contributed by atoms with Crippen LogP contribution >= 0.6 is 11.6 Å². The summed E-state index contributed by atoms with van der Waals surface area (Å²) >= 11 is 6.00. The minimum atomic E-state index is -0.859. The highest BCUT2D eigenvalue weighted by Crippen LogP contribution is 2.36. The second-order valence-electron chi connectivity index (χ2n) is 7.32. The van der Waals surface area contributed by atoms with Gasteiger partial charge in [0.05, 0.1) is 13.1 Å². The molecule has 1 unspecified atom stereocenters. The number of nitrogens with zero attached hydrogens (tertiary/aromatic N) is 4. The number of piperazine rings is 1. The van der Waals surface area contributed by atoms with Gasteiger partial charge in [-0.25, -0.2) is 4.98 Å². The normalized spacial score (nSPS) is 22.4. The zero-order valence-corrected chi connectivity index (χ0v) is 16.6. The Balaban J connectivity index is 1.67. The van der Waals surface area contributed by atoms with Gasteiger partial charge in [0.1, 0.15) is 11.4 Å². The van der Waals surface area contributed by atoms with Gasteiger partial charge in [-0.2, -0.15) is 0 Å². The first kappa shape index (κ1) is 18.7. The van der Waals surface area contributed by atoms with Crippen molar-refractivity contribution in [1.29, 1.82) is 0 Å². The molecule has 7 heteroatoms. The standard InChI is InChI=1S/C21H23ClN4O2/c1-2-24-14-19(27)26(13-16-6-8-17(22)9-7-16)21(20(24)28)10-12-25(15-21)18-5-3-4-11-23-18/h3-9,11H,2,10,12-15H2,1H3. The van der Waals surface area contributed by atoms with Gasteiger partial charge in [-0.1, -0.05) is 29.8 Å². The van der Waals surface area contributed by atoms with Crippen LogP contribution in [0.3, 0.4) is 0 Å². The molecule has 2 amide bonds. The molecule has 6 nitrogen and oxygen atoms in total. The summed E-state index contributed by atoms with van der Waals surface area (Å²) in [7, 11) is 0. The molecular weight excluding hydrogens is 376 g/mol. The molecule has 2 aliphatic heterocycles. The van der Waals surface area contributed by atoms with Crippen molar-refractivity contribution in [2.24, 2.45) is 0 Å². The van der Waals surface area contributed by atoms with E-state index >= 15 is 0 Å². The average Bonchev–Trinajstić information content (AvgIpc) is 3.16. The zero-order chi connectivity index (χ0) is 19.7. The lowest BCUT2D eigenvalue weighted by Gasteiger charge is -2.47. The van der Waals surface area contributed by atoms with Gasteiger partial charge in [0.2, 0.25) is 5.91 Å². The number of halogens is 1. The Labute approximate surface area is 169 Å². The molecule has 0 bridgehead atoms. The Morgan fingerprint density at radius 3 is 2.61 bits per heavy atom. The van der Waals surface area contributed by atoms with E-state index in [1.54, 1.807) is 16.0 Å². The van der Waals surface area contributed by atoms with Crippen LogP contribution in [0.1, 0.15) is 18.9 Å². The van der Waals surface area contributed by atoms with E-state index in [9.17, 15) is 9.59 Å². The molecule has 4 rings (SSSR count). The molecule has 0 N–H and O–H groups in total. The molecule has 2 fully saturated rings. The van der Waals surface area contributed by atoms with E-state index in [-0.39, 0.29) is 18.4 Å². The second-order valence-corrected chi connectivity index (χ2v) is 7.75. The van der Waals surface area contributed by atoms with Gasteiger partial charge in [0.25, 0.3) is 5.91 Å².